The molecule has 0 aromatic heterocycles. The zero-order valence-electron chi connectivity index (χ0n) is 7.33. The lowest BCUT2D eigenvalue weighted by atomic mass is 10.1. The minimum absolute atomic E-state index is 0.0375. The molecule has 3 nitrogen and oxygen atoms in total. The van der Waals surface area contributed by atoms with Gasteiger partial charge in [-0.1, -0.05) is 0 Å². The van der Waals surface area contributed by atoms with Gasteiger partial charge in [0.25, 0.3) is 0 Å². The molecule has 4 heteroatoms. The van der Waals surface area contributed by atoms with E-state index in [2.05, 4.69) is 0 Å². The third kappa shape index (κ3) is 2.09. The molecule has 1 rings (SSSR count). The summed E-state index contributed by atoms with van der Waals surface area (Å²) in [5, 5.41) is 9.40. The second-order valence-electron chi connectivity index (χ2n) is 2.69. The number of alkyl halides is 1. The first kappa shape index (κ1) is 9.80. The number of hydrogen-bond acceptors (Lipinski definition) is 3. The first-order valence-corrected chi connectivity index (χ1v) is 3.87. The molecular formula is C9H12FNO2. The Labute approximate surface area is 75.9 Å². The van der Waals surface area contributed by atoms with E-state index in [0.29, 0.717) is 11.3 Å². The number of aromatic hydroxyl groups is 1. The number of rotatable bonds is 3. The van der Waals surface area contributed by atoms with Crippen LogP contribution in [0.3, 0.4) is 0 Å². The topological polar surface area (TPSA) is 55.5 Å². The Kier molecular flexibility index (Phi) is 3.08. The molecule has 0 saturated carbocycles. The molecule has 0 radical (unpaired) electrons. The SMILES string of the molecule is COc1ccc([C@H](N)CF)c(O)c1. The molecule has 0 aliphatic heterocycles. The van der Waals surface area contributed by atoms with E-state index < -0.39 is 12.7 Å². The van der Waals surface area contributed by atoms with Crippen LogP contribution in [0.25, 0.3) is 0 Å². The van der Waals surface area contributed by atoms with Gasteiger partial charge in [0.1, 0.15) is 18.2 Å². The molecule has 0 aliphatic rings. The Morgan fingerprint density at radius 3 is 2.77 bits per heavy atom. The van der Waals surface area contributed by atoms with E-state index >= 15 is 0 Å². The van der Waals surface area contributed by atoms with E-state index in [0.717, 1.165) is 0 Å². The quantitative estimate of drug-likeness (QED) is 0.747. The maximum atomic E-state index is 12.2. The molecule has 72 valence electrons. The standard InChI is InChI=1S/C9H12FNO2/c1-13-6-2-3-7(8(11)5-10)9(12)4-6/h2-4,8,12H,5,11H2,1H3/t8-/m1/s1. The summed E-state index contributed by atoms with van der Waals surface area (Å²) in [7, 11) is 1.49. The second-order valence-corrected chi connectivity index (χ2v) is 2.69. The molecule has 1 atom stereocenters. The van der Waals surface area contributed by atoms with Gasteiger partial charge >= 0.3 is 0 Å². The van der Waals surface area contributed by atoms with Crippen molar-refractivity contribution in [3.63, 3.8) is 0 Å². The summed E-state index contributed by atoms with van der Waals surface area (Å²) in [6.45, 7) is -0.695. The zero-order chi connectivity index (χ0) is 9.84. The van der Waals surface area contributed by atoms with Gasteiger partial charge in [0.05, 0.1) is 13.2 Å². The van der Waals surface area contributed by atoms with Crippen LogP contribution in [-0.4, -0.2) is 18.9 Å². The summed E-state index contributed by atoms with van der Waals surface area (Å²) in [4.78, 5) is 0. The fourth-order valence-corrected chi connectivity index (χ4v) is 1.05. The van der Waals surface area contributed by atoms with Gasteiger partial charge in [-0.3, -0.25) is 0 Å². The van der Waals surface area contributed by atoms with Crippen LogP contribution in [0.4, 0.5) is 4.39 Å². The minimum atomic E-state index is -0.772. The van der Waals surface area contributed by atoms with Crippen LogP contribution >= 0.6 is 0 Å². The third-order valence-electron chi connectivity index (χ3n) is 1.80. The Bertz CT molecular complexity index is 291. The number of hydrogen-bond donors (Lipinski definition) is 2. The summed E-state index contributed by atoms with van der Waals surface area (Å²) in [6, 6.07) is 3.82. The lowest BCUT2D eigenvalue weighted by molar-refractivity contribution is 0.397. The fourth-order valence-electron chi connectivity index (χ4n) is 1.05. The fraction of sp³-hybridized carbons (Fsp3) is 0.333. The van der Waals surface area contributed by atoms with Crippen molar-refractivity contribution in [1.29, 1.82) is 0 Å². The van der Waals surface area contributed by atoms with Crippen LogP contribution in [-0.2, 0) is 0 Å². The van der Waals surface area contributed by atoms with Crippen LogP contribution in [0.15, 0.2) is 18.2 Å². The molecule has 0 amide bonds. The largest absolute Gasteiger partial charge is 0.507 e. The Morgan fingerprint density at radius 1 is 1.62 bits per heavy atom. The van der Waals surface area contributed by atoms with Crippen molar-refractivity contribution in [2.24, 2.45) is 5.73 Å². The summed E-state index contributed by atoms with van der Waals surface area (Å²) in [6.07, 6.45) is 0. The van der Waals surface area contributed by atoms with Crippen molar-refractivity contribution < 1.29 is 14.2 Å². The average molecular weight is 185 g/mol. The average Bonchev–Trinajstić information content (AvgIpc) is 2.16. The highest BCUT2D eigenvalue weighted by molar-refractivity contribution is 5.41. The van der Waals surface area contributed by atoms with E-state index in [4.69, 9.17) is 10.5 Å². The van der Waals surface area contributed by atoms with E-state index in [1.165, 1.54) is 13.2 Å². The molecule has 0 fully saturated rings. The van der Waals surface area contributed by atoms with Crippen LogP contribution in [0.5, 0.6) is 11.5 Å². The Hall–Kier alpha value is -1.29. The predicted molar refractivity (Wildman–Crippen MR) is 47.6 cm³/mol. The van der Waals surface area contributed by atoms with Crippen molar-refractivity contribution in [2.45, 2.75) is 6.04 Å². The van der Waals surface area contributed by atoms with E-state index in [1.54, 1.807) is 12.1 Å². The minimum Gasteiger partial charge on any atom is -0.507 e. The van der Waals surface area contributed by atoms with E-state index in [9.17, 15) is 9.50 Å². The number of phenolic OH excluding ortho intramolecular Hbond substituents is 1. The molecule has 0 aliphatic carbocycles. The van der Waals surface area contributed by atoms with Gasteiger partial charge in [-0.15, -0.1) is 0 Å². The summed E-state index contributed by atoms with van der Waals surface area (Å²) < 4.78 is 17.0. The first-order valence-electron chi connectivity index (χ1n) is 3.87. The number of methoxy groups -OCH3 is 1. The summed E-state index contributed by atoms with van der Waals surface area (Å²) >= 11 is 0. The second kappa shape index (κ2) is 4.09. The molecular weight excluding hydrogens is 173 g/mol. The zero-order valence-corrected chi connectivity index (χ0v) is 7.33. The van der Waals surface area contributed by atoms with Gasteiger partial charge in [0, 0.05) is 11.6 Å². The lowest BCUT2D eigenvalue weighted by Gasteiger charge is -2.10. The third-order valence-corrected chi connectivity index (χ3v) is 1.80. The number of nitrogens with two attached hydrogens (primary N) is 1. The number of halogens is 1. The van der Waals surface area contributed by atoms with Crippen molar-refractivity contribution in [3.05, 3.63) is 23.8 Å². The van der Waals surface area contributed by atoms with Crippen LogP contribution in [0.1, 0.15) is 11.6 Å². The van der Waals surface area contributed by atoms with Gasteiger partial charge in [-0.25, -0.2) is 4.39 Å². The number of ether oxygens (including phenoxy) is 1. The Morgan fingerprint density at radius 2 is 2.31 bits per heavy atom. The molecule has 0 saturated heterocycles. The predicted octanol–water partition coefficient (Wildman–Crippen LogP) is 1.37. The van der Waals surface area contributed by atoms with Gasteiger partial charge in [-0.05, 0) is 12.1 Å². The molecule has 3 N–H and O–H groups in total. The molecule has 0 spiro atoms. The Balaban J connectivity index is 2.98. The van der Waals surface area contributed by atoms with Crippen molar-refractivity contribution >= 4 is 0 Å². The molecule has 0 bridgehead atoms. The van der Waals surface area contributed by atoms with Crippen molar-refractivity contribution in [1.82, 2.24) is 0 Å². The molecule has 0 heterocycles. The maximum Gasteiger partial charge on any atom is 0.124 e. The molecule has 1 aromatic carbocycles. The van der Waals surface area contributed by atoms with Crippen LogP contribution in [0.2, 0.25) is 0 Å². The molecule has 1 aromatic rings. The van der Waals surface area contributed by atoms with Gasteiger partial charge in [0.2, 0.25) is 0 Å². The summed E-state index contributed by atoms with van der Waals surface area (Å²) in [5.41, 5.74) is 5.80. The molecule has 13 heavy (non-hydrogen) atoms. The summed E-state index contributed by atoms with van der Waals surface area (Å²) in [5.74, 6) is 0.483. The van der Waals surface area contributed by atoms with Gasteiger partial charge < -0.3 is 15.6 Å². The number of phenols is 1. The maximum absolute atomic E-state index is 12.2. The van der Waals surface area contributed by atoms with Gasteiger partial charge in [-0.2, -0.15) is 0 Å². The highest BCUT2D eigenvalue weighted by Gasteiger charge is 2.10. The van der Waals surface area contributed by atoms with E-state index in [1.807, 2.05) is 0 Å². The van der Waals surface area contributed by atoms with Crippen LogP contribution in [0, 0.1) is 0 Å². The van der Waals surface area contributed by atoms with Crippen molar-refractivity contribution in [3.8, 4) is 11.5 Å². The number of benzene rings is 1. The highest BCUT2D eigenvalue weighted by atomic mass is 19.1. The lowest BCUT2D eigenvalue weighted by Crippen LogP contribution is -2.12. The van der Waals surface area contributed by atoms with Crippen LogP contribution < -0.4 is 10.5 Å². The van der Waals surface area contributed by atoms with Gasteiger partial charge in [0.15, 0.2) is 0 Å². The smallest absolute Gasteiger partial charge is 0.124 e. The van der Waals surface area contributed by atoms with Crippen molar-refractivity contribution in [2.75, 3.05) is 13.8 Å². The normalized spacial score (nSPS) is 12.5. The highest BCUT2D eigenvalue weighted by Crippen LogP contribution is 2.27. The van der Waals surface area contributed by atoms with E-state index in [-0.39, 0.29) is 5.75 Å². The first-order chi connectivity index (χ1) is 6.19. The monoisotopic (exact) mass is 185 g/mol. The molecule has 0 unspecified atom stereocenters.